The van der Waals surface area contributed by atoms with E-state index in [2.05, 4.69) is 26.4 Å². The summed E-state index contributed by atoms with van der Waals surface area (Å²) in [7, 11) is 3.15. The molecule has 2 aliphatic heterocycles. The number of alkyl halides is 2. The third-order valence-electron chi connectivity index (χ3n) is 9.58. The van der Waals surface area contributed by atoms with Crippen molar-refractivity contribution in [3.8, 4) is 39.4 Å². The van der Waals surface area contributed by atoms with Crippen LogP contribution in [0.3, 0.4) is 0 Å². The first-order valence-electron chi connectivity index (χ1n) is 17.0. The van der Waals surface area contributed by atoms with E-state index in [-0.39, 0.29) is 30.6 Å². The van der Waals surface area contributed by atoms with Gasteiger partial charge in [0.05, 0.1) is 29.4 Å². The zero-order valence-electron chi connectivity index (χ0n) is 28.8. The first kappa shape index (κ1) is 36.5. The van der Waals surface area contributed by atoms with E-state index in [0.29, 0.717) is 80.3 Å². The van der Waals surface area contributed by atoms with Crippen LogP contribution in [0.4, 0.5) is 8.78 Å². The number of methoxy groups -OCH3 is 1. The molecule has 7 rings (SSSR count). The number of aromatic nitrogens is 4. The van der Waals surface area contributed by atoms with Gasteiger partial charge in [-0.05, 0) is 18.6 Å². The second-order valence-electron chi connectivity index (χ2n) is 13.2. The molecular weight excluding hydrogens is 729 g/mol. The van der Waals surface area contributed by atoms with Gasteiger partial charge in [0, 0.05) is 91.2 Å². The number of benzene rings is 2. The molecule has 16 heteroatoms. The van der Waals surface area contributed by atoms with Crippen LogP contribution in [0, 0.1) is 0 Å². The van der Waals surface area contributed by atoms with Crippen LogP contribution < -0.4 is 31.6 Å². The van der Waals surface area contributed by atoms with Crippen molar-refractivity contribution in [3.05, 3.63) is 92.6 Å². The number of hydrogen-bond acceptors (Lipinski definition) is 8. The van der Waals surface area contributed by atoms with Gasteiger partial charge in [0.2, 0.25) is 11.8 Å². The van der Waals surface area contributed by atoms with Gasteiger partial charge >= 0.3 is 5.92 Å². The summed E-state index contributed by atoms with van der Waals surface area (Å²) in [6.45, 7) is 1.36. The molecule has 53 heavy (non-hydrogen) atoms. The molecule has 2 fully saturated rings. The normalized spacial score (nSPS) is 18.1. The molecule has 276 valence electrons. The summed E-state index contributed by atoms with van der Waals surface area (Å²) in [5, 5.41) is 17.1. The molecule has 2 saturated heterocycles. The van der Waals surface area contributed by atoms with E-state index in [1.54, 1.807) is 26.4 Å². The fraction of sp³-hybridized carbons (Fsp3) is 0.324. The average Bonchev–Trinajstić information content (AvgIpc) is 3.83. The van der Waals surface area contributed by atoms with Crippen LogP contribution >= 0.6 is 23.2 Å². The zero-order chi connectivity index (χ0) is 37.4. The first-order chi connectivity index (χ1) is 25.4. The van der Waals surface area contributed by atoms with Crippen molar-refractivity contribution in [2.45, 2.75) is 50.4 Å². The van der Waals surface area contributed by atoms with Crippen LogP contribution in [-0.4, -0.2) is 69.2 Å². The molecule has 0 saturated carbocycles. The summed E-state index contributed by atoms with van der Waals surface area (Å²) in [5.41, 5.74) is 4.84. The standard InChI is InChI=1S/C37H36Cl2F2N8O4/c1-48-30(18-43-17-23-14-37(40,41)36(52)45-23)47-49-19-21(13-29(49)35(48)51)24-5-3-6-25(32(24)38)26-7-4-8-27(33(26)39)28-11-9-20(34(46-28)53-2)15-42-16-22-10-12-31(50)44-22/h3-9,11,13,19,22-23,42-43H,10,12,14-18H2,1-2H3,(H,44,50)(H,45,52)/t22-,23-/m0/s1. The summed E-state index contributed by atoms with van der Waals surface area (Å²) in [6, 6.07) is 16.1. The third kappa shape index (κ3) is 7.36. The highest BCUT2D eigenvalue weighted by Gasteiger charge is 2.47. The molecule has 0 radical (unpaired) electrons. The SMILES string of the molecule is COc1nc(-c2cccc(-c3cccc(-c4cc5c(=O)n(C)c(CNC[C@@H]6CC(F)(F)C(=O)N6)nn5c4)c3Cl)c2Cl)ccc1CNC[C@@H]1CCC(=O)N1. The minimum Gasteiger partial charge on any atom is -0.481 e. The van der Waals surface area contributed by atoms with Gasteiger partial charge in [-0.1, -0.05) is 65.7 Å². The minimum absolute atomic E-state index is 0.0746. The summed E-state index contributed by atoms with van der Waals surface area (Å²) in [5.74, 6) is -3.77. The van der Waals surface area contributed by atoms with Crippen LogP contribution in [0.2, 0.25) is 10.0 Å². The maximum Gasteiger partial charge on any atom is 0.326 e. The molecule has 2 amide bonds. The van der Waals surface area contributed by atoms with Crippen LogP contribution in [0.25, 0.3) is 39.0 Å². The highest BCUT2D eigenvalue weighted by molar-refractivity contribution is 6.39. The predicted molar refractivity (Wildman–Crippen MR) is 197 cm³/mol. The number of fused-ring (bicyclic) bond motifs is 1. The quantitative estimate of drug-likeness (QED) is 0.143. The van der Waals surface area contributed by atoms with Gasteiger partial charge in [-0.3, -0.25) is 19.0 Å². The Morgan fingerprint density at radius 2 is 1.60 bits per heavy atom. The summed E-state index contributed by atoms with van der Waals surface area (Å²) in [4.78, 5) is 41.1. The van der Waals surface area contributed by atoms with Crippen molar-refractivity contribution in [1.82, 2.24) is 40.4 Å². The molecule has 2 aliphatic rings. The van der Waals surface area contributed by atoms with E-state index >= 15 is 0 Å². The number of hydrogen-bond donors (Lipinski definition) is 4. The first-order valence-corrected chi connectivity index (χ1v) is 17.8. The maximum absolute atomic E-state index is 13.6. The molecule has 2 aromatic carbocycles. The van der Waals surface area contributed by atoms with E-state index in [1.165, 1.54) is 9.08 Å². The molecule has 0 bridgehead atoms. The lowest BCUT2D eigenvalue weighted by Crippen LogP contribution is -2.37. The molecule has 0 aliphatic carbocycles. The molecule has 4 N–H and O–H groups in total. The van der Waals surface area contributed by atoms with Gasteiger partial charge in [-0.25, -0.2) is 9.50 Å². The molecule has 5 heterocycles. The number of carbonyl (C=O) groups excluding carboxylic acids is 2. The predicted octanol–water partition coefficient (Wildman–Crippen LogP) is 4.73. The topological polar surface area (TPSA) is 144 Å². The van der Waals surface area contributed by atoms with Crippen molar-refractivity contribution in [1.29, 1.82) is 0 Å². The van der Waals surface area contributed by atoms with Crippen molar-refractivity contribution in [3.63, 3.8) is 0 Å². The number of carbonyl (C=O) groups is 2. The Bertz CT molecular complexity index is 2300. The van der Waals surface area contributed by atoms with E-state index in [0.717, 1.165) is 12.0 Å². The van der Waals surface area contributed by atoms with Crippen LogP contribution in [0.5, 0.6) is 5.88 Å². The van der Waals surface area contributed by atoms with E-state index in [4.69, 9.17) is 32.9 Å². The number of nitrogens with one attached hydrogen (secondary N) is 4. The number of amides is 2. The molecule has 3 aromatic heterocycles. The Kier molecular flexibility index (Phi) is 10.2. The van der Waals surface area contributed by atoms with Gasteiger partial charge in [-0.15, -0.1) is 0 Å². The lowest BCUT2D eigenvalue weighted by atomic mass is 9.97. The Labute approximate surface area is 312 Å². The molecular formula is C37H36Cl2F2N8O4. The third-order valence-corrected chi connectivity index (χ3v) is 10.4. The van der Waals surface area contributed by atoms with E-state index < -0.39 is 24.3 Å². The number of pyridine rings is 1. The van der Waals surface area contributed by atoms with Crippen LogP contribution in [0.1, 0.15) is 30.7 Å². The molecule has 0 unspecified atom stereocenters. The van der Waals surface area contributed by atoms with Crippen molar-refractivity contribution >= 4 is 40.5 Å². The van der Waals surface area contributed by atoms with Crippen molar-refractivity contribution in [2.24, 2.45) is 7.05 Å². The Morgan fingerprint density at radius 1 is 0.925 bits per heavy atom. The molecule has 12 nitrogen and oxygen atoms in total. The molecule has 0 spiro atoms. The summed E-state index contributed by atoms with van der Waals surface area (Å²) >= 11 is 14.1. The smallest absolute Gasteiger partial charge is 0.326 e. The lowest BCUT2D eigenvalue weighted by molar-refractivity contribution is -0.139. The van der Waals surface area contributed by atoms with Crippen molar-refractivity contribution in [2.75, 3.05) is 20.2 Å². The second-order valence-corrected chi connectivity index (χ2v) is 13.9. The van der Waals surface area contributed by atoms with Crippen LogP contribution in [-0.2, 0) is 29.7 Å². The average molecular weight is 766 g/mol. The minimum atomic E-state index is -3.39. The van der Waals surface area contributed by atoms with E-state index in [1.807, 2.05) is 48.5 Å². The Hall–Kier alpha value is -4.89. The van der Waals surface area contributed by atoms with Crippen LogP contribution in [0.15, 0.2) is 65.6 Å². The monoisotopic (exact) mass is 764 g/mol. The van der Waals surface area contributed by atoms with Gasteiger partial charge in [0.25, 0.3) is 11.5 Å². The number of nitrogens with zero attached hydrogens (tertiary/aromatic N) is 4. The zero-order valence-corrected chi connectivity index (χ0v) is 30.3. The molecule has 5 aromatic rings. The number of ether oxygens (including phenoxy) is 1. The number of rotatable bonds is 12. The van der Waals surface area contributed by atoms with Gasteiger partial charge in [0.15, 0.2) is 0 Å². The van der Waals surface area contributed by atoms with Gasteiger partial charge < -0.3 is 26.0 Å². The highest BCUT2D eigenvalue weighted by Crippen LogP contribution is 2.42. The summed E-state index contributed by atoms with van der Waals surface area (Å²) < 4.78 is 35.7. The molecule has 2 atom stereocenters. The second kappa shape index (κ2) is 14.9. The maximum atomic E-state index is 13.6. The fourth-order valence-corrected chi connectivity index (χ4v) is 7.41. The van der Waals surface area contributed by atoms with Gasteiger partial charge in [0.1, 0.15) is 11.3 Å². The van der Waals surface area contributed by atoms with E-state index in [9.17, 15) is 23.2 Å². The Morgan fingerprint density at radius 3 is 2.28 bits per heavy atom. The lowest BCUT2D eigenvalue weighted by Gasteiger charge is -2.15. The Balaban J connectivity index is 1.11. The van der Waals surface area contributed by atoms with Crippen molar-refractivity contribution < 1.29 is 23.1 Å². The fourth-order valence-electron chi connectivity index (χ4n) is 6.74. The van der Waals surface area contributed by atoms with Gasteiger partial charge in [-0.2, -0.15) is 13.9 Å². The number of halogens is 4. The largest absolute Gasteiger partial charge is 0.481 e. The highest BCUT2D eigenvalue weighted by atomic mass is 35.5. The summed E-state index contributed by atoms with van der Waals surface area (Å²) in [6.07, 6.45) is 2.46.